The number of aromatic nitrogens is 2. The molecule has 0 aliphatic heterocycles. The Labute approximate surface area is 97.7 Å². The molecule has 16 heavy (non-hydrogen) atoms. The summed E-state index contributed by atoms with van der Waals surface area (Å²) in [6.07, 6.45) is 6.04. The van der Waals surface area contributed by atoms with Crippen LogP contribution in [0.1, 0.15) is 49.8 Å². The molecule has 0 saturated heterocycles. The molecule has 1 aromatic rings. The first-order valence-corrected chi connectivity index (χ1v) is 6.34. The molecule has 1 aromatic heterocycles. The van der Waals surface area contributed by atoms with Crippen molar-refractivity contribution in [3.05, 3.63) is 23.3 Å². The van der Waals surface area contributed by atoms with Gasteiger partial charge < -0.3 is 5.32 Å². The molecule has 1 aliphatic rings. The van der Waals surface area contributed by atoms with Crippen LogP contribution in [-0.2, 0) is 13.0 Å². The minimum atomic E-state index is 0.745. The van der Waals surface area contributed by atoms with Crippen molar-refractivity contribution < 1.29 is 0 Å². The van der Waals surface area contributed by atoms with Gasteiger partial charge in [0, 0.05) is 24.7 Å². The summed E-state index contributed by atoms with van der Waals surface area (Å²) < 4.78 is 0. The van der Waals surface area contributed by atoms with Crippen molar-refractivity contribution in [3.8, 4) is 0 Å². The molecule has 2 rings (SSSR count). The quantitative estimate of drug-likeness (QED) is 0.798. The summed E-state index contributed by atoms with van der Waals surface area (Å²) in [6.45, 7) is 5.15. The van der Waals surface area contributed by atoms with Crippen LogP contribution in [0.2, 0.25) is 0 Å². The molecule has 1 N–H and O–H groups in total. The summed E-state index contributed by atoms with van der Waals surface area (Å²) in [5.41, 5.74) is 2.24. The summed E-state index contributed by atoms with van der Waals surface area (Å²) in [6, 6.07) is 2.83. The first-order chi connectivity index (χ1) is 7.78. The molecular weight excluding hydrogens is 198 g/mol. The van der Waals surface area contributed by atoms with Gasteiger partial charge in [0.05, 0.1) is 5.69 Å². The Morgan fingerprint density at radius 2 is 2.19 bits per heavy atom. The van der Waals surface area contributed by atoms with Gasteiger partial charge in [-0.3, -0.25) is 0 Å². The maximum Gasteiger partial charge on any atom is 0.128 e. The second-order valence-corrected chi connectivity index (χ2v) is 4.68. The van der Waals surface area contributed by atoms with E-state index in [0.29, 0.717) is 0 Å². The summed E-state index contributed by atoms with van der Waals surface area (Å²) >= 11 is 0. The van der Waals surface area contributed by atoms with Gasteiger partial charge in [0.1, 0.15) is 5.82 Å². The van der Waals surface area contributed by atoms with Crippen LogP contribution in [0.4, 0.5) is 0 Å². The molecule has 0 radical (unpaired) electrons. The number of hydrogen-bond acceptors (Lipinski definition) is 3. The Morgan fingerprint density at radius 3 is 2.88 bits per heavy atom. The van der Waals surface area contributed by atoms with Gasteiger partial charge in [-0.25, -0.2) is 9.97 Å². The maximum atomic E-state index is 4.60. The van der Waals surface area contributed by atoms with E-state index in [0.717, 1.165) is 36.2 Å². The van der Waals surface area contributed by atoms with Crippen molar-refractivity contribution in [2.24, 2.45) is 0 Å². The molecule has 3 nitrogen and oxygen atoms in total. The van der Waals surface area contributed by atoms with Crippen molar-refractivity contribution in [1.82, 2.24) is 15.3 Å². The van der Waals surface area contributed by atoms with Crippen molar-refractivity contribution in [2.45, 2.75) is 58.5 Å². The molecule has 3 heteroatoms. The van der Waals surface area contributed by atoms with Crippen LogP contribution >= 0.6 is 0 Å². The highest BCUT2D eigenvalue weighted by Gasteiger charge is 2.20. The van der Waals surface area contributed by atoms with Crippen LogP contribution in [0.25, 0.3) is 0 Å². The lowest BCUT2D eigenvalue weighted by atomic mass is 10.2. The normalized spacial score (nSPS) is 15.4. The number of nitrogens with zero attached hydrogens (tertiary/aromatic N) is 2. The zero-order valence-electron chi connectivity index (χ0n) is 10.3. The molecule has 1 heterocycles. The van der Waals surface area contributed by atoms with Crippen LogP contribution in [0.3, 0.4) is 0 Å². The molecule has 0 bridgehead atoms. The van der Waals surface area contributed by atoms with Crippen molar-refractivity contribution in [1.29, 1.82) is 0 Å². The average Bonchev–Trinajstić information content (AvgIpc) is 3.07. The fourth-order valence-electron chi connectivity index (χ4n) is 1.77. The maximum absolute atomic E-state index is 4.60. The lowest BCUT2D eigenvalue weighted by Crippen LogP contribution is -2.17. The molecule has 88 valence electrons. The van der Waals surface area contributed by atoms with E-state index < -0.39 is 0 Å². The van der Waals surface area contributed by atoms with E-state index in [2.05, 4.69) is 35.2 Å². The lowest BCUT2D eigenvalue weighted by molar-refractivity contribution is 0.660. The van der Waals surface area contributed by atoms with Crippen molar-refractivity contribution >= 4 is 0 Å². The first-order valence-electron chi connectivity index (χ1n) is 6.34. The second-order valence-electron chi connectivity index (χ2n) is 4.68. The summed E-state index contributed by atoms with van der Waals surface area (Å²) in [5.74, 6) is 1.01. The van der Waals surface area contributed by atoms with E-state index in [9.17, 15) is 0 Å². The highest BCUT2D eigenvalue weighted by atomic mass is 15.0. The predicted octanol–water partition coefficient (Wildman–Crippen LogP) is 2.38. The monoisotopic (exact) mass is 219 g/mol. The van der Waals surface area contributed by atoms with Crippen LogP contribution in [-0.4, -0.2) is 16.0 Å². The van der Waals surface area contributed by atoms with Crippen LogP contribution in [0.15, 0.2) is 6.07 Å². The Balaban J connectivity index is 1.96. The van der Waals surface area contributed by atoms with E-state index in [1.165, 1.54) is 25.7 Å². The predicted molar refractivity (Wildman–Crippen MR) is 65.2 cm³/mol. The zero-order chi connectivity index (χ0) is 11.4. The van der Waals surface area contributed by atoms with Gasteiger partial charge in [-0.15, -0.1) is 0 Å². The highest BCUT2D eigenvalue weighted by molar-refractivity contribution is 5.10. The van der Waals surface area contributed by atoms with E-state index in [-0.39, 0.29) is 0 Å². The lowest BCUT2D eigenvalue weighted by Gasteiger charge is -2.06. The van der Waals surface area contributed by atoms with Crippen LogP contribution in [0, 0.1) is 6.92 Å². The fraction of sp³-hybridized carbons (Fsp3) is 0.692. The summed E-state index contributed by atoms with van der Waals surface area (Å²) in [5, 5.41) is 3.49. The molecule has 1 fully saturated rings. The largest absolute Gasteiger partial charge is 0.308 e. The van der Waals surface area contributed by atoms with Gasteiger partial charge in [-0.05, 0) is 32.3 Å². The Kier molecular flexibility index (Phi) is 3.88. The third-order valence-electron chi connectivity index (χ3n) is 2.86. The Morgan fingerprint density at radius 1 is 1.38 bits per heavy atom. The second kappa shape index (κ2) is 5.39. The van der Waals surface area contributed by atoms with Gasteiger partial charge >= 0.3 is 0 Å². The minimum absolute atomic E-state index is 0.745. The molecule has 0 spiro atoms. The molecule has 0 unspecified atom stereocenters. The summed E-state index contributed by atoms with van der Waals surface area (Å²) in [4.78, 5) is 9.07. The van der Waals surface area contributed by atoms with E-state index >= 15 is 0 Å². The average molecular weight is 219 g/mol. The SMILES string of the molecule is CCCCc1nc(C)cc(CNC2CC2)n1. The third-order valence-corrected chi connectivity index (χ3v) is 2.86. The highest BCUT2D eigenvalue weighted by Crippen LogP contribution is 2.19. The van der Waals surface area contributed by atoms with Gasteiger partial charge in [-0.2, -0.15) is 0 Å². The van der Waals surface area contributed by atoms with Gasteiger partial charge in [0.2, 0.25) is 0 Å². The van der Waals surface area contributed by atoms with E-state index in [4.69, 9.17) is 0 Å². The smallest absolute Gasteiger partial charge is 0.128 e. The topological polar surface area (TPSA) is 37.8 Å². The van der Waals surface area contributed by atoms with Gasteiger partial charge in [-0.1, -0.05) is 13.3 Å². The van der Waals surface area contributed by atoms with Crippen molar-refractivity contribution in [2.75, 3.05) is 0 Å². The number of aryl methyl sites for hydroxylation is 2. The fourth-order valence-corrected chi connectivity index (χ4v) is 1.77. The molecule has 1 saturated carbocycles. The standard InChI is InChI=1S/C13H21N3/c1-3-4-5-13-15-10(2)8-12(16-13)9-14-11-6-7-11/h8,11,14H,3-7,9H2,1-2H3. The summed E-state index contributed by atoms with van der Waals surface area (Å²) in [7, 11) is 0. The molecule has 1 aliphatic carbocycles. The first kappa shape index (κ1) is 11.5. The minimum Gasteiger partial charge on any atom is -0.308 e. The Bertz CT molecular complexity index is 345. The Hall–Kier alpha value is -0.960. The van der Waals surface area contributed by atoms with Crippen LogP contribution < -0.4 is 5.32 Å². The third kappa shape index (κ3) is 3.56. The number of unbranched alkanes of at least 4 members (excludes halogenated alkanes) is 1. The molecule has 0 aromatic carbocycles. The van der Waals surface area contributed by atoms with Crippen LogP contribution in [0.5, 0.6) is 0 Å². The number of nitrogens with one attached hydrogen (secondary N) is 1. The molecule has 0 amide bonds. The molecular formula is C13H21N3. The van der Waals surface area contributed by atoms with Crippen molar-refractivity contribution in [3.63, 3.8) is 0 Å². The van der Waals surface area contributed by atoms with E-state index in [1.807, 2.05) is 0 Å². The number of rotatable bonds is 6. The number of hydrogen-bond donors (Lipinski definition) is 1. The van der Waals surface area contributed by atoms with Gasteiger partial charge in [0.25, 0.3) is 0 Å². The van der Waals surface area contributed by atoms with Gasteiger partial charge in [0.15, 0.2) is 0 Å². The van der Waals surface area contributed by atoms with E-state index in [1.54, 1.807) is 0 Å². The zero-order valence-corrected chi connectivity index (χ0v) is 10.3. The molecule has 0 atom stereocenters.